The first-order valence-corrected chi connectivity index (χ1v) is 11.8. The van der Waals surface area contributed by atoms with E-state index in [4.69, 9.17) is 9.47 Å². The van der Waals surface area contributed by atoms with Gasteiger partial charge in [0.1, 0.15) is 5.75 Å². The maximum Gasteiger partial charge on any atom is 0.335 e. The summed E-state index contributed by atoms with van der Waals surface area (Å²) in [5, 5.41) is 21.8. The standard InChI is InChI=1S/C27H28N2O6/c1-3-34-23(30)6-4-5-18-8-7-17(15-28)13-21(18)29-25(31)24-16(2)27(24)11-12-35-22-10-9-19(26(32)33)14-20(22)27/h7-10,13-14,16,24H,3-6,11-12H2,1-2H3,(H,29,31)(H,32,33)/t16-,24-,27-/m0/s1. The lowest BCUT2D eigenvalue weighted by molar-refractivity contribution is -0.143. The summed E-state index contributed by atoms with van der Waals surface area (Å²) in [6, 6.07) is 12.0. The zero-order chi connectivity index (χ0) is 25.2. The number of rotatable bonds is 8. The van der Waals surface area contributed by atoms with E-state index >= 15 is 0 Å². The smallest absolute Gasteiger partial charge is 0.335 e. The topological polar surface area (TPSA) is 126 Å². The fourth-order valence-electron chi connectivity index (χ4n) is 5.35. The largest absolute Gasteiger partial charge is 0.493 e. The number of amides is 1. The number of carbonyl (C=O) groups excluding carboxylic acids is 2. The molecule has 2 aliphatic rings. The summed E-state index contributed by atoms with van der Waals surface area (Å²) in [7, 11) is 0. The molecule has 1 spiro atoms. The summed E-state index contributed by atoms with van der Waals surface area (Å²) in [4.78, 5) is 36.7. The van der Waals surface area contributed by atoms with Gasteiger partial charge in [-0.1, -0.05) is 13.0 Å². The van der Waals surface area contributed by atoms with E-state index in [2.05, 4.69) is 11.4 Å². The van der Waals surface area contributed by atoms with Crippen molar-refractivity contribution < 1.29 is 29.0 Å². The van der Waals surface area contributed by atoms with Crippen molar-refractivity contribution in [3.63, 3.8) is 0 Å². The predicted octanol–water partition coefficient (Wildman–Crippen LogP) is 4.07. The number of carboxylic acid groups (broad SMARTS) is 1. The molecule has 1 fully saturated rings. The van der Waals surface area contributed by atoms with Crippen LogP contribution in [-0.2, 0) is 26.2 Å². The highest BCUT2D eigenvalue weighted by Gasteiger charge is 2.67. The number of ether oxygens (including phenoxy) is 2. The van der Waals surface area contributed by atoms with Crippen LogP contribution in [0.1, 0.15) is 60.2 Å². The second-order valence-electron chi connectivity index (χ2n) is 9.05. The number of hydrogen-bond acceptors (Lipinski definition) is 6. The number of anilines is 1. The fraction of sp³-hybridized carbons (Fsp3) is 0.407. The molecule has 0 radical (unpaired) electrons. The van der Waals surface area contributed by atoms with E-state index in [0.29, 0.717) is 49.5 Å². The van der Waals surface area contributed by atoms with Gasteiger partial charge >= 0.3 is 11.9 Å². The normalized spacial score (nSPS) is 21.9. The van der Waals surface area contributed by atoms with Crippen LogP contribution in [0.15, 0.2) is 36.4 Å². The first kappa shape index (κ1) is 24.3. The summed E-state index contributed by atoms with van der Waals surface area (Å²) in [6.07, 6.45) is 1.99. The summed E-state index contributed by atoms with van der Waals surface area (Å²) in [5.74, 6) is -1.20. The minimum Gasteiger partial charge on any atom is -0.493 e. The van der Waals surface area contributed by atoms with E-state index in [0.717, 1.165) is 11.1 Å². The van der Waals surface area contributed by atoms with Crippen molar-refractivity contribution in [1.82, 2.24) is 0 Å². The molecule has 0 bridgehead atoms. The molecule has 0 unspecified atom stereocenters. The van der Waals surface area contributed by atoms with E-state index in [1.54, 1.807) is 37.3 Å². The van der Waals surface area contributed by atoms with Crippen molar-refractivity contribution in [3.05, 3.63) is 58.7 Å². The average molecular weight is 477 g/mol. The summed E-state index contributed by atoms with van der Waals surface area (Å²) in [5.41, 5.74) is 2.26. The Morgan fingerprint density at radius 3 is 2.77 bits per heavy atom. The zero-order valence-corrected chi connectivity index (χ0v) is 19.8. The second-order valence-corrected chi connectivity index (χ2v) is 9.05. The van der Waals surface area contributed by atoms with Gasteiger partial charge in [0.2, 0.25) is 5.91 Å². The van der Waals surface area contributed by atoms with E-state index in [-0.39, 0.29) is 35.7 Å². The third-order valence-corrected chi connectivity index (χ3v) is 7.17. The molecule has 2 aromatic carbocycles. The van der Waals surface area contributed by atoms with Gasteiger partial charge in [-0.2, -0.15) is 5.26 Å². The first-order valence-electron chi connectivity index (χ1n) is 11.8. The van der Waals surface area contributed by atoms with Crippen LogP contribution in [0.3, 0.4) is 0 Å². The highest BCUT2D eigenvalue weighted by atomic mass is 16.5. The Labute approximate surface area is 203 Å². The van der Waals surface area contributed by atoms with Gasteiger partial charge in [-0.05, 0) is 68.0 Å². The van der Waals surface area contributed by atoms with Crippen LogP contribution in [0.2, 0.25) is 0 Å². The van der Waals surface area contributed by atoms with Crippen molar-refractivity contribution in [2.75, 3.05) is 18.5 Å². The molecule has 182 valence electrons. The number of carbonyl (C=O) groups is 3. The number of carboxylic acids is 1. The Morgan fingerprint density at radius 1 is 1.26 bits per heavy atom. The van der Waals surface area contributed by atoms with E-state index in [1.807, 2.05) is 6.92 Å². The molecule has 8 nitrogen and oxygen atoms in total. The SMILES string of the molecule is CCOC(=O)CCCc1ccc(C#N)cc1NC(=O)[C@@H]1[C@H](C)[C@]12CCOc1ccc(C(=O)O)cc12. The Balaban J connectivity index is 1.55. The van der Waals surface area contributed by atoms with Crippen LogP contribution < -0.4 is 10.1 Å². The Hall–Kier alpha value is -3.86. The molecule has 1 aliphatic heterocycles. The van der Waals surface area contributed by atoms with Gasteiger partial charge in [0, 0.05) is 23.1 Å². The zero-order valence-electron chi connectivity index (χ0n) is 19.8. The molecular weight excluding hydrogens is 448 g/mol. The molecule has 1 heterocycles. The van der Waals surface area contributed by atoms with Gasteiger partial charge in [0.25, 0.3) is 0 Å². The van der Waals surface area contributed by atoms with E-state index in [9.17, 15) is 24.8 Å². The Bertz CT molecular complexity index is 1220. The number of aromatic carboxylic acids is 1. The van der Waals surface area contributed by atoms with Gasteiger partial charge in [-0.15, -0.1) is 0 Å². The molecule has 1 amide bonds. The number of hydrogen-bond donors (Lipinski definition) is 2. The van der Waals surface area contributed by atoms with Gasteiger partial charge < -0.3 is 19.9 Å². The molecule has 1 aliphatic carbocycles. The Kier molecular flexibility index (Phi) is 6.79. The van der Waals surface area contributed by atoms with E-state index < -0.39 is 11.4 Å². The molecule has 1 saturated carbocycles. The number of nitrogens with zero attached hydrogens (tertiary/aromatic N) is 1. The van der Waals surface area contributed by atoms with Crippen molar-refractivity contribution in [1.29, 1.82) is 5.26 Å². The lowest BCUT2D eigenvalue weighted by Gasteiger charge is -2.28. The lowest BCUT2D eigenvalue weighted by Crippen LogP contribution is -2.27. The number of esters is 1. The maximum absolute atomic E-state index is 13.5. The summed E-state index contributed by atoms with van der Waals surface area (Å²) < 4.78 is 10.7. The van der Waals surface area contributed by atoms with Gasteiger partial charge in [0.05, 0.1) is 36.3 Å². The van der Waals surface area contributed by atoms with Crippen molar-refractivity contribution >= 4 is 23.5 Å². The lowest BCUT2D eigenvalue weighted by atomic mass is 9.85. The molecule has 3 atom stereocenters. The van der Waals surface area contributed by atoms with Crippen LogP contribution in [-0.4, -0.2) is 36.2 Å². The molecule has 4 rings (SSSR count). The molecule has 2 aromatic rings. The predicted molar refractivity (Wildman–Crippen MR) is 127 cm³/mol. The highest BCUT2D eigenvalue weighted by Crippen LogP contribution is 2.65. The monoisotopic (exact) mass is 476 g/mol. The number of benzene rings is 2. The van der Waals surface area contributed by atoms with Gasteiger partial charge in [-0.3, -0.25) is 9.59 Å². The van der Waals surface area contributed by atoms with Crippen LogP contribution >= 0.6 is 0 Å². The second kappa shape index (κ2) is 9.79. The molecule has 35 heavy (non-hydrogen) atoms. The molecule has 0 aromatic heterocycles. The number of aryl methyl sites for hydroxylation is 1. The van der Waals surface area contributed by atoms with Crippen LogP contribution in [0.5, 0.6) is 5.75 Å². The molecule has 8 heteroatoms. The van der Waals surface area contributed by atoms with Gasteiger partial charge in [-0.25, -0.2) is 4.79 Å². The molecule has 0 saturated heterocycles. The molecule has 2 N–H and O–H groups in total. The average Bonchev–Trinajstić information content (AvgIpc) is 3.43. The van der Waals surface area contributed by atoms with Crippen LogP contribution in [0.25, 0.3) is 0 Å². The number of fused-ring (bicyclic) bond motifs is 2. The number of nitriles is 1. The van der Waals surface area contributed by atoms with Gasteiger partial charge in [0.15, 0.2) is 0 Å². The van der Waals surface area contributed by atoms with E-state index in [1.165, 1.54) is 6.07 Å². The third kappa shape index (κ3) is 4.59. The summed E-state index contributed by atoms with van der Waals surface area (Å²) >= 11 is 0. The summed E-state index contributed by atoms with van der Waals surface area (Å²) in [6.45, 7) is 4.55. The van der Waals surface area contributed by atoms with Crippen LogP contribution in [0, 0.1) is 23.2 Å². The fourth-order valence-corrected chi connectivity index (χ4v) is 5.35. The Morgan fingerprint density at radius 2 is 2.06 bits per heavy atom. The van der Waals surface area contributed by atoms with Crippen LogP contribution in [0.4, 0.5) is 5.69 Å². The molecular formula is C27H28N2O6. The quantitative estimate of drug-likeness (QED) is 0.550. The number of nitrogens with one attached hydrogen (secondary N) is 1. The van der Waals surface area contributed by atoms with Crippen molar-refractivity contribution in [3.8, 4) is 11.8 Å². The van der Waals surface area contributed by atoms with Crippen molar-refractivity contribution in [2.24, 2.45) is 11.8 Å². The van der Waals surface area contributed by atoms with Crippen molar-refractivity contribution in [2.45, 2.75) is 44.9 Å². The third-order valence-electron chi connectivity index (χ3n) is 7.17. The highest BCUT2D eigenvalue weighted by molar-refractivity contribution is 5.98. The first-order chi connectivity index (χ1) is 16.8. The maximum atomic E-state index is 13.5. The minimum atomic E-state index is -1.02. The minimum absolute atomic E-state index is 0.000563.